The average Bonchev–Trinajstić information content (AvgIpc) is 2.96. The van der Waals surface area contributed by atoms with Crippen LogP contribution in [0.2, 0.25) is 0 Å². The molecule has 4 aromatic carbocycles. The smallest absolute Gasteiger partial charge is 0.408 e. The topological polar surface area (TPSA) is 108 Å². The highest BCUT2D eigenvalue weighted by molar-refractivity contribution is 6.00. The van der Waals surface area contributed by atoms with Gasteiger partial charge in [0, 0.05) is 18.2 Å². The van der Waals surface area contributed by atoms with Gasteiger partial charge in [-0.2, -0.15) is 0 Å². The maximum absolute atomic E-state index is 14.6. The number of alkyl carbamates (subject to hydrolysis) is 1. The summed E-state index contributed by atoms with van der Waals surface area (Å²) in [6.45, 7) is 5.27. The van der Waals surface area contributed by atoms with E-state index in [9.17, 15) is 19.5 Å². The Morgan fingerprint density at radius 2 is 1.55 bits per heavy atom. The summed E-state index contributed by atoms with van der Waals surface area (Å²) < 4.78 is 5.52. The van der Waals surface area contributed by atoms with Gasteiger partial charge in [0.1, 0.15) is 23.4 Å². The van der Waals surface area contributed by atoms with Gasteiger partial charge in [0.15, 0.2) is 0 Å². The number of amides is 3. The molecule has 1 aliphatic rings. The third-order valence-corrected chi connectivity index (χ3v) is 7.75. The summed E-state index contributed by atoms with van der Waals surface area (Å²) >= 11 is 0. The number of hydrogen-bond donors (Lipinski definition) is 3. The van der Waals surface area contributed by atoms with Crippen molar-refractivity contribution in [2.45, 2.75) is 70.2 Å². The van der Waals surface area contributed by atoms with Crippen molar-refractivity contribution in [3.05, 3.63) is 108 Å². The van der Waals surface area contributed by atoms with Crippen LogP contribution < -0.4 is 10.6 Å². The molecule has 0 aliphatic heterocycles. The van der Waals surface area contributed by atoms with Gasteiger partial charge in [-0.25, -0.2) is 4.79 Å². The van der Waals surface area contributed by atoms with Crippen molar-refractivity contribution in [3.8, 4) is 5.75 Å². The normalized spacial score (nSPS) is 14.6. The summed E-state index contributed by atoms with van der Waals surface area (Å²) in [6, 6.07) is 27.3. The van der Waals surface area contributed by atoms with E-state index in [0.717, 1.165) is 35.6 Å². The molecule has 2 atom stereocenters. The van der Waals surface area contributed by atoms with Gasteiger partial charge in [-0.3, -0.25) is 9.59 Å². The van der Waals surface area contributed by atoms with E-state index < -0.39 is 23.8 Å². The van der Waals surface area contributed by atoms with Crippen molar-refractivity contribution in [1.29, 1.82) is 0 Å². The van der Waals surface area contributed by atoms with Crippen molar-refractivity contribution in [3.63, 3.8) is 0 Å². The number of nitrogens with one attached hydrogen (secondary N) is 2. The van der Waals surface area contributed by atoms with E-state index in [1.54, 1.807) is 37.8 Å². The van der Waals surface area contributed by atoms with Crippen molar-refractivity contribution < 1.29 is 24.2 Å². The Bertz CT molecular complexity index is 1610. The molecule has 8 heteroatoms. The van der Waals surface area contributed by atoms with Gasteiger partial charge in [-0.05, 0) is 86.2 Å². The first-order chi connectivity index (χ1) is 21.1. The molecule has 2 unspecified atom stereocenters. The van der Waals surface area contributed by atoms with Gasteiger partial charge in [-0.15, -0.1) is 0 Å². The van der Waals surface area contributed by atoms with Gasteiger partial charge >= 0.3 is 6.09 Å². The molecule has 1 aliphatic carbocycles. The van der Waals surface area contributed by atoms with Crippen molar-refractivity contribution in [1.82, 2.24) is 10.2 Å². The Labute approximate surface area is 258 Å². The van der Waals surface area contributed by atoms with Gasteiger partial charge in [-0.1, -0.05) is 72.8 Å². The molecule has 8 nitrogen and oxygen atoms in total. The van der Waals surface area contributed by atoms with Crippen molar-refractivity contribution in [2.75, 3.05) is 5.32 Å². The Morgan fingerprint density at radius 3 is 2.18 bits per heavy atom. The van der Waals surface area contributed by atoms with E-state index in [1.165, 1.54) is 12.1 Å². The summed E-state index contributed by atoms with van der Waals surface area (Å²) in [5, 5.41) is 17.7. The van der Waals surface area contributed by atoms with Gasteiger partial charge in [0.2, 0.25) is 5.91 Å². The molecule has 0 spiro atoms. The van der Waals surface area contributed by atoms with Gasteiger partial charge in [0.25, 0.3) is 5.91 Å². The summed E-state index contributed by atoms with van der Waals surface area (Å²) in [5.41, 5.74) is 1.27. The highest BCUT2D eigenvalue weighted by atomic mass is 16.6. The van der Waals surface area contributed by atoms with E-state index >= 15 is 0 Å². The Balaban J connectivity index is 1.51. The monoisotopic (exact) mass is 593 g/mol. The zero-order valence-electron chi connectivity index (χ0n) is 25.3. The molecule has 44 heavy (non-hydrogen) atoms. The highest BCUT2D eigenvalue weighted by Crippen LogP contribution is 2.35. The van der Waals surface area contributed by atoms with E-state index in [4.69, 9.17) is 4.74 Å². The number of carbonyl (C=O) groups is 3. The van der Waals surface area contributed by atoms with Gasteiger partial charge in [0.05, 0.1) is 0 Å². The Hall–Kier alpha value is -4.85. The number of ether oxygens (including phenoxy) is 1. The molecular formula is C36H39N3O5. The van der Waals surface area contributed by atoms with Crippen LogP contribution in [0.25, 0.3) is 10.8 Å². The lowest BCUT2D eigenvalue weighted by atomic mass is 9.87. The number of anilines is 1. The van der Waals surface area contributed by atoms with E-state index in [0.29, 0.717) is 11.3 Å². The number of hydrogen-bond acceptors (Lipinski definition) is 5. The minimum absolute atomic E-state index is 0.0994. The average molecular weight is 594 g/mol. The number of phenols is 1. The molecule has 0 heterocycles. The lowest BCUT2D eigenvalue weighted by Gasteiger charge is -2.43. The second kappa shape index (κ2) is 13.2. The molecule has 1 saturated carbocycles. The van der Waals surface area contributed by atoms with Crippen LogP contribution >= 0.6 is 0 Å². The van der Waals surface area contributed by atoms with Crippen LogP contribution in [-0.4, -0.2) is 45.6 Å². The predicted molar refractivity (Wildman–Crippen MR) is 171 cm³/mol. The maximum atomic E-state index is 14.6. The molecule has 0 bridgehead atoms. The highest BCUT2D eigenvalue weighted by Gasteiger charge is 2.42. The SMILES string of the molecule is CC(C)(C)OC(=O)NC(Cc1ccc(O)cc1)C(=O)N(C1CCC1)C(C(=O)Nc1ccc2ccccc2c1)c1ccccc1. The molecular weight excluding hydrogens is 554 g/mol. The predicted octanol–water partition coefficient (Wildman–Crippen LogP) is 6.74. The fourth-order valence-corrected chi connectivity index (χ4v) is 5.43. The quantitative estimate of drug-likeness (QED) is 0.199. The fourth-order valence-electron chi connectivity index (χ4n) is 5.43. The number of carbonyl (C=O) groups excluding carboxylic acids is 3. The summed E-state index contributed by atoms with van der Waals surface area (Å²) in [7, 11) is 0. The molecule has 3 amide bonds. The summed E-state index contributed by atoms with van der Waals surface area (Å²) in [6.07, 6.45) is 1.85. The van der Waals surface area contributed by atoms with Crippen LogP contribution in [0.1, 0.15) is 57.2 Å². The number of fused-ring (bicyclic) bond motifs is 1. The number of nitrogens with zero attached hydrogens (tertiary/aromatic N) is 1. The minimum atomic E-state index is -1.02. The van der Waals surface area contributed by atoms with E-state index in [-0.39, 0.29) is 30.0 Å². The van der Waals surface area contributed by atoms with E-state index in [1.807, 2.05) is 72.8 Å². The zero-order chi connectivity index (χ0) is 31.3. The third-order valence-electron chi connectivity index (χ3n) is 7.75. The molecule has 228 valence electrons. The second-order valence-corrected chi connectivity index (χ2v) is 12.3. The van der Waals surface area contributed by atoms with E-state index in [2.05, 4.69) is 10.6 Å². The molecule has 1 fully saturated rings. The van der Waals surface area contributed by atoms with Crippen LogP contribution in [0.3, 0.4) is 0 Å². The van der Waals surface area contributed by atoms with Crippen LogP contribution in [0, 0.1) is 0 Å². The number of aromatic hydroxyl groups is 1. The number of phenolic OH excluding ortho intramolecular Hbond substituents is 1. The van der Waals surface area contributed by atoms with Gasteiger partial charge < -0.3 is 25.4 Å². The van der Waals surface area contributed by atoms with Crippen LogP contribution in [0.5, 0.6) is 5.75 Å². The molecule has 0 saturated heterocycles. The third kappa shape index (κ3) is 7.56. The lowest BCUT2D eigenvalue weighted by molar-refractivity contribution is -0.145. The van der Waals surface area contributed by atoms with Crippen molar-refractivity contribution >= 4 is 34.4 Å². The Morgan fingerprint density at radius 1 is 0.886 bits per heavy atom. The molecule has 0 aromatic heterocycles. The number of benzene rings is 4. The second-order valence-electron chi connectivity index (χ2n) is 12.3. The first-order valence-electron chi connectivity index (χ1n) is 15.0. The van der Waals surface area contributed by atoms with Crippen molar-refractivity contribution in [2.24, 2.45) is 0 Å². The maximum Gasteiger partial charge on any atom is 0.408 e. The van der Waals surface area contributed by atoms with Crippen LogP contribution in [0.4, 0.5) is 10.5 Å². The molecule has 0 radical (unpaired) electrons. The summed E-state index contributed by atoms with van der Waals surface area (Å²) in [5.74, 6) is -0.620. The minimum Gasteiger partial charge on any atom is -0.508 e. The lowest BCUT2D eigenvalue weighted by Crippen LogP contribution is -2.57. The first kappa shape index (κ1) is 30.6. The Kier molecular flexibility index (Phi) is 9.18. The standard InChI is InChI=1S/C36H39N3O5/c1-36(2,3)44-35(43)38-31(22-24-16-20-30(40)21-17-24)34(42)39(29-14-9-15-29)32(26-11-5-4-6-12-26)33(41)37-28-19-18-25-10-7-8-13-27(25)23-28/h4-8,10-13,16-21,23,29,31-32,40H,9,14-15,22H2,1-3H3,(H,37,41)(H,38,43). The first-order valence-corrected chi connectivity index (χ1v) is 15.0. The molecule has 4 aromatic rings. The summed E-state index contributed by atoms with van der Waals surface area (Å²) in [4.78, 5) is 43.5. The molecule has 5 rings (SSSR count). The fraction of sp³-hybridized carbons (Fsp3) is 0.306. The largest absolute Gasteiger partial charge is 0.508 e. The zero-order valence-corrected chi connectivity index (χ0v) is 25.3. The number of rotatable bonds is 9. The molecule has 3 N–H and O–H groups in total. The van der Waals surface area contributed by atoms with Crippen LogP contribution in [-0.2, 0) is 20.7 Å². The van der Waals surface area contributed by atoms with Crippen LogP contribution in [0.15, 0.2) is 97.1 Å².